The third-order valence-electron chi connectivity index (χ3n) is 3.02. The Morgan fingerprint density at radius 1 is 1.16 bits per heavy atom. The maximum Gasteiger partial charge on any atom is 0.330 e. The molecule has 0 saturated carbocycles. The largest absolute Gasteiger partial charge is 0.333 e. The zero-order valence-corrected chi connectivity index (χ0v) is 11.5. The fourth-order valence-electron chi connectivity index (χ4n) is 1.96. The zero-order valence-electron chi connectivity index (χ0n) is 11.5. The lowest BCUT2D eigenvalue weighted by atomic mass is 9.85. The maximum absolute atomic E-state index is 11.0. The lowest BCUT2D eigenvalue weighted by Crippen LogP contribution is -2.31. The van der Waals surface area contributed by atoms with E-state index in [4.69, 9.17) is 15.7 Å². The Hall–Kier alpha value is -2.17. The highest BCUT2D eigenvalue weighted by atomic mass is 16.7. The van der Waals surface area contributed by atoms with Crippen LogP contribution in [0.5, 0.6) is 0 Å². The molecule has 0 aromatic heterocycles. The Kier molecular flexibility index (Phi) is 2.92. The van der Waals surface area contributed by atoms with Gasteiger partial charge in [-0.1, -0.05) is 32.9 Å². The van der Waals surface area contributed by atoms with Gasteiger partial charge in [-0.15, -0.1) is 5.06 Å². The molecular formula is C14H17N3O2. The van der Waals surface area contributed by atoms with Crippen molar-refractivity contribution in [1.29, 1.82) is 10.8 Å². The summed E-state index contributed by atoms with van der Waals surface area (Å²) in [4.78, 5) is 15.9. The van der Waals surface area contributed by atoms with Crippen molar-refractivity contribution in [3.8, 4) is 0 Å². The minimum Gasteiger partial charge on any atom is -0.333 e. The van der Waals surface area contributed by atoms with Gasteiger partial charge in [0.25, 0.3) is 0 Å². The molecule has 0 radical (unpaired) electrons. The molecule has 1 aromatic carbocycles. The van der Waals surface area contributed by atoms with E-state index in [1.54, 1.807) is 6.07 Å². The van der Waals surface area contributed by atoms with Gasteiger partial charge in [-0.2, -0.15) is 0 Å². The molecule has 1 aromatic rings. The van der Waals surface area contributed by atoms with E-state index >= 15 is 0 Å². The van der Waals surface area contributed by atoms with E-state index in [0.29, 0.717) is 11.1 Å². The van der Waals surface area contributed by atoms with Crippen molar-refractivity contribution in [2.75, 3.05) is 0 Å². The molecule has 5 heteroatoms. The summed E-state index contributed by atoms with van der Waals surface area (Å²) >= 11 is 0. The number of fused-ring (bicyclic) bond motifs is 1. The Bertz CT molecular complexity index is 585. The van der Waals surface area contributed by atoms with Crippen LogP contribution in [0.2, 0.25) is 0 Å². The normalized spacial score (nSPS) is 14.6. The summed E-state index contributed by atoms with van der Waals surface area (Å²) in [5, 5.41) is 16.9. The number of carbonyl (C=O) groups excluding carboxylic acids is 1. The number of hydrogen-bond donors (Lipinski definition) is 2. The molecule has 1 aliphatic rings. The lowest BCUT2D eigenvalue weighted by Gasteiger charge is -2.19. The van der Waals surface area contributed by atoms with E-state index in [9.17, 15) is 4.79 Å². The molecule has 0 fully saturated rings. The molecule has 0 amide bonds. The third-order valence-corrected chi connectivity index (χ3v) is 3.02. The molecular weight excluding hydrogens is 242 g/mol. The number of benzene rings is 1. The molecule has 5 nitrogen and oxygen atoms in total. The molecule has 19 heavy (non-hydrogen) atoms. The van der Waals surface area contributed by atoms with Crippen LogP contribution in [0.4, 0.5) is 0 Å². The van der Waals surface area contributed by atoms with Crippen LogP contribution in [0.1, 0.15) is 44.4 Å². The molecule has 1 aliphatic heterocycles. The van der Waals surface area contributed by atoms with Crippen LogP contribution in [0.15, 0.2) is 18.2 Å². The minimum atomic E-state index is -0.543. The monoisotopic (exact) mass is 259 g/mol. The van der Waals surface area contributed by atoms with E-state index in [1.807, 2.05) is 12.1 Å². The van der Waals surface area contributed by atoms with Crippen LogP contribution in [0, 0.1) is 10.8 Å². The van der Waals surface area contributed by atoms with Gasteiger partial charge in [-0.3, -0.25) is 10.8 Å². The van der Waals surface area contributed by atoms with Gasteiger partial charge < -0.3 is 4.84 Å². The van der Waals surface area contributed by atoms with Crippen LogP contribution < -0.4 is 0 Å². The van der Waals surface area contributed by atoms with Gasteiger partial charge in [0.15, 0.2) is 11.7 Å². The highest BCUT2D eigenvalue weighted by Gasteiger charge is 2.33. The predicted octanol–water partition coefficient (Wildman–Crippen LogP) is 2.43. The Balaban J connectivity index is 2.45. The molecule has 2 N–H and O–H groups in total. The number of hydrogen-bond acceptors (Lipinski definition) is 4. The maximum atomic E-state index is 11.0. The first kappa shape index (κ1) is 13.3. The summed E-state index contributed by atoms with van der Waals surface area (Å²) in [6, 6.07) is 5.63. The third kappa shape index (κ3) is 2.23. The topological polar surface area (TPSA) is 77.2 Å². The number of hydroxylamine groups is 2. The quantitative estimate of drug-likeness (QED) is 0.813. The van der Waals surface area contributed by atoms with Gasteiger partial charge in [-0.25, -0.2) is 4.79 Å². The van der Waals surface area contributed by atoms with E-state index < -0.39 is 5.97 Å². The average molecular weight is 259 g/mol. The predicted molar refractivity (Wildman–Crippen MR) is 72.4 cm³/mol. The highest BCUT2D eigenvalue weighted by Crippen LogP contribution is 2.29. The number of nitrogens with one attached hydrogen (secondary N) is 2. The minimum absolute atomic E-state index is 0.0238. The van der Waals surface area contributed by atoms with Crippen molar-refractivity contribution < 1.29 is 9.63 Å². The summed E-state index contributed by atoms with van der Waals surface area (Å²) in [6.45, 7) is 7.51. The summed E-state index contributed by atoms with van der Waals surface area (Å²) in [5.74, 6) is -0.490. The second kappa shape index (κ2) is 4.19. The van der Waals surface area contributed by atoms with Crippen molar-refractivity contribution in [1.82, 2.24) is 5.06 Å². The van der Waals surface area contributed by atoms with Crippen molar-refractivity contribution in [3.05, 3.63) is 34.9 Å². The van der Waals surface area contributed by atoms with Gasteiger partial charge in [0, 0.05) is 18.1 Å². The van der Waals surface area contributed by atoms with Crippen LogP contribution in [0.25, 0.3) is 0 Å². The fourth-order valence-corrected chi connectivity index (χ4v) is 1.96. The van der Waals surface area contributed by atoms with E-state index in [1.165, 1.54) is 6.92 Å². The molecule has 0 unspecified atom stereocenters. The number of nitrogens with zero attached hydrogens (tertiary/aromatic N) is 1. The summed E-state index contributed by atoms with van der Waals surface area (Å²) < 4.78 is 0. The lowest BCUT2D eigenvalue weighted by molar-refractivity contribution is -0.159. The van der Waals surface area contributed by atoms with Crippen molar-refractivity contribution in [2.24, 2.45) is 0 Å². The Labute approximate surface area is 112 Å². The molecule has 0 spiro atoms. The number of carbonyl (C=O) groups is 1. The number of amidine groups is 2. The van der Waals surface area contributed by atoms with Gasteiger partial charge in [-0.05, 0) is 17.0 Å². The van der Waals surface area contributed by atoms with E-state index in [0.717, 1.165) is 10.6 Å². The molecule has 0 saturated heterocycles. The van der Waals surface area contributed by atoms with Gasteiger partial charge in [0.1, 0.15) is 0 Å². The SMILES string of the molecule is CC(=O)ON1C(=N)c2ccc(C(C)(C)C)cc2C1=N. The van der Waals surface area contributed by atoms with Crippen molar-refractivity contribution in [2.45, 2.75) is 33.1 Å². The smallest absolute Gasteiger partial charge is 0.330 e. The molecule has 0 atom stereocenters. The fraction of sp³-hybridized carbons (Fsp3) is 0.357. The average Bonchev–Trinajstić information content (AvgIpc) is 2.53. The first-order valence-corrected chi connectivity index (χ1v) is 6.03. The van der Waals surface area contributed by atoms with Crippen molar-refractivity contribution in [3.63, 3.8) is 0 Å². The molecule has 0 bridgehead atoms. The number of rotatable bonds is 1. The van der Waals surface area contributed by atoms with Crippen molar-refractivity contribution >= 4 is 17.6 Å². The second-order valence-electron chi connectivity index (χ2n) is 5.58. The zero-order chi connectivity index (χ0) is 14.4. The van der Waals surface area contributed by atoms with E-state index in [2.05, 4.69) is 20.8 Å². The first-order valence-electron chi connectivity index (χ1n) is 6.03. The van der Waals surface area contributed by atoms with Crippen LogP contribution in [-0.4, -0.2) is 22.7 Å². The molecule has 100 valence electrons. The summed E-state index contributed by atoms with van der Waals surface area (Å²) in [6.07, 6.45) is 0. The van der Waals surface area contributed by atoms with Gasteiger partial charge in [0.05, 0.1) is 0 Å². The highest BCUT2D eigenvalue weighted by molar-refractivity contribution is 6.22. The molecule has 1 heterocycles. The van der Waals surface area contributed by atoms with Gasteiger partial charge in [0.2, 0.25) is 0 Å². The molecule has 0 aliphatic carbocycles. The second-order valence-corrected chi connectivity index (χ2v) is 5.58. The van der Waals surface area contributed by atoms with Gasteiger partial charge >= 0.3 is 5.97 Å². The van der Waals surface area contributed by atoms with E-state index in [-0.39, 0.29) is 17.1 Å². The Morgan fingerprint density at radius 3 is 2.26 bits per heavy atom. The summed E-state index contributed by atoms with van der Waals surface area (Å²) in [7, 11) is 0. The Morgan fingerprint density at radius 2 is 1.74 bits per heavy atom. The van der Waals surface area contributed by atoms with Crippen LogP contribution >= 0.6 is 0 Å². The molecule has 2 rings (SSSR count). The van der Waals surface area contributed by atoms with Crippen LogP contribution in [-0.2, 0) is 15.0 Å². The first-order chi connectivity index (χ1) is 8.71. The van der Waals surface area contributed by atoms with Crippen LogP contribution in [0.3, 0.4) is 0 Å². The summed E-state index contributed by atoms with van der Waals surface area (Å²) in [5.41, 5.74) is 2.28. The standard InChI is InChI=1S/C14H17N3O2/c1-8(18)19-17-12(15)10-6-5-9(14(2,3)4)7-11(10)13(17)16/h5-7,15-16H,1-4H3.